The summed E-state index contributed by atoms with van der Waals surface area (Å²) >= 11 is 0. The predicted octanol–water partition coefficient (Wildman–Crippen LogP) is 13.2. The number of imidazole rings is 1. The Morgan fingerprint density at radius 3 is 1.71 bits per heavy atom. The molecule has 6 nitrogen and oxygen atoms in total. The van der Waals surface area contributed by atoms with Gasteiger partial charge in [0.2, 0.25) is 0 Å². The van der Waals surface area contributed by atoms with E-state index in [1.807, 2.05) is 60.7 Å². The fourth-order valence-electron chi connectivity index (χ4n) is 8.60. The fourth-order valence-corrected chi connectivity index (χ4v) is 8.60. The van der Waals surface area contributed by atoms with Crippen LogP contribution in [0.3, 0.4) is 0 Å². The monoisotopic (exact) mass is 741 g/mol. The van der Waals surface area contributed by atoms with Crippen molar-refractivity contribution in [2.45, 2.75) is 0 Å². The molecule has 9 aromatic carbocycles. The van der Waals surface area contributed by atoms with E-state index in [1.165, 1.54) is 26.9 Å². The summed E-state index contributed by atoms with van der Waals surface area (Å²) in [6.07, 6.45) is 0. The lowest BCUT2D eigenvalue weighted by molar-refractivity contribution is 0.669. The number of hydrogen-bond donors (Lipinski definition) is 0. The largest absolute Gasteiger partial charge is 0.456 e. The first-order chi connectivity index (χ1) is 28.7. The Morgan fingerprint density at radius 1 is 0.362 bits per heavy atom. The molecule has 0 radical (unpaired) electrons. The summed E-state index contributed by atoms with van der Waals surface area (Å²) in [7, 11) is 0. The first-order valence-electron chi connectivity index (χ1n) is 19.4. The highest BCUT2D eigenvalue weighted by Crippen LogP contribution is 2.41. The molecular formula is C52H31N5O. The van der Waals surface area contributed by atoms with Crippen molar-refractivity contribution in [2.24, 2.45) is 0 Å². The van der Waals surface area contributed by atoms with Gasteiger partial charge in [-0.15, -0.1) is 0 Å². The highest BCUT2D eigenvalue weighted by molar-refractivity contribution is 6.25. The van der Waals surface area contributed by atoms with E-state index in [1.54, 1.807) is 0 Å². The number of rotatable bonds is 5. The van der Waals surface area contributed by atoms with Gasteiger partial charge in [0, 0.05) is 38.7 Å². The van der Waals surface area contributed by atoms with Crippen molar-refractivity contribution in [1.82, 2.24) is 24.5 Å². The Labute approximate surface area is 332 Å². The van der Waals surface area contributed by atoms with Crippen LogP contribution in [-0.2, 0) is 0 Å². The first-order valence-corrected chi connectivity index (χ1v) is 19.4. The smallest absolute Gasteiger partial charge is 0.164 e. The maximum absolute atomic E-state index is 6.53. The van der Waals surface area contributed by atoms with Gasteiger partial charge >= 0.3 is 0 Å². The average molecular weight is 742 g/mol. The van der Waals surface area contributed by atoms with Crippen LogP contribution in [0.5, 0.6) is 0 Å². The maximum atomic E-state index is 6.53. The number of furan rings is 1. The summed E-state index contributed by atoms with van der Waals surface area (Å²) in [5.74, 6) is 2.63. The molecule has 12 rings (SSSR count). The third kappa shape index (κ3) is 5.05. The molecule has 0 spiro atoms. The SMILES string of the molecule is c1ccc(-c2nc(-c3ccc4c5ccccc5c5ccccc5c4c3)nc(-c3cccc4oc5ccc(-c6nc7ccccc7n6-c6ccccc6)cc5c34)n2)cc1. The number of para-hydroxylation sites is 3. The van der Waals surface area contributed by atoms with Crippen molar-refractivity contribution in [1.29, 1.82) is 0 Å². The molecule has 58 heavy (non-hydrogen) atoms. The standard InChI is InChI=1S/C52H31N5O/c1-3-14-32(15-4-1)49-54-50(33-26-28-40-38-20-8-7-18-36(38)37-19-9-10-21-39(37)42(40)30-33)56-51(55-49)41-22-13-25-47-48(41)43-31-34(27-29-46(43)58-47)52-53-44-23-11-12-24-45(44)57(52)35-16-5-2-6-17-35/h1-31H. The lowest BCUT2D eigenvalue weighted by Crippen LogP contribution is -2.00. The molecule has 0 saturated carbocycles. The fraction of sp³-hybridized carbons (Fsp3) is 0. The summed E-state index contributed by atoms with van der Waals surface area (Å²) in [6.45, 7) is 0. The second kappa shape index (κ2) is 12.8. The molecule has 0 saturated heterocycles. The van der Waals surface area contributed by atoms with Crippen LogP contribution in [0, 0.1) is 0 Å². The van der Waals surface area contributed by atoms with Gasteiger partial charge in [0.25, 0.3) is 0 Å². The third-order valence-electron chi connectivity index (χ3n) is 11.2. The molecule has 12 aromatic rings. The van der Waals surface area contributed by atoms with Gasteiger partial charge in [0.1, 0.15) is 17.0 Å². The Hall–Kier alpha value is -7.96. The van der Waals surface area contributed by atoms with Crippen molar-refractivity contribution in [3.8, 4) is 51.2 Å². The van der Waals surface area contributed by atoms with E-state index in [2.05, 4.69) is 132 Å². The highest BCUT2D eigenvalue weighted by atomic mass is 16.3. The van der Waals surface area contributed by atoms with Crippen LogP contribution < -0.4 is 0 Å². The van der Waals surface area contributed by atoms with Gasteiger partial charge in [-0.3, -0.25) is 4.57 Å². The number of benzene rings is 9. The third-order valence-corrected chi connectivity index (χ3v) is 11.2. The summed E-state index contributed by atoms with van der Waals surface area (Å²) in [5, 5.41) is 9.14. The van der Waals surface area contributed by atoms with Gasteiger partial charge in [0.15, 0.2) is 17.5 Å². The lowest BCUT2D eigenvalue weighted by atomic mass is 9.93. The van der Waals surface area contributed by atoms with Crippen molar-refractivity contribution in [3.05, 3.63) is 188 Å². The van der Waals surface area contributed by atoms with Crippen LogP contribution >= 0.6 is 0 Å². The molecule has 0 fully saturated rings. The highest BCUT2D eigenvalue weighted by Gasteiger charge is 2.21. The minimum absolute atomic E-state index is 0.572. The zero-order valence-corrected chi connectivity index (χ0v) is 31.0. The molecule has 270 valence electrons. The molecular weight excluding hydrogens is 711 g/mol. The number of nitrogens with zero attached hydrogens (tertiary/aromatic N) is 5. The molecule has 6 heteroatoms. The van der Waals surface area contributed by atoms with Gasteiger partial charge in [-0.25, -0.2) is 19.9 Å². The van der Waals surface area contributed by atoms with Crippen molar-refractivity contribution in [3.63, 3.8) is 0 Å². The summed E-state index contributed by atoms with van der Waals surface area (Å²) < 4.78 is 8.76. The molecule has 0 unspecified atom stereocenters. The van der Waals surface area contributed by atoms with Gasteiger partial charge < -0.3 is 4.42 Å². The second-order valence-corrected chi connectivity index (χ2v) is 14.6. The van der Waals surface area contributed by atoms with Crippen LogP contribution in [0.2, 0.25) is 0 Å². The average Bonchev–Trinajstić information content (AvgIpc) is 3.88. The van der Waals surface area contributed by atoms with Crippen LogP contribution in [0.15, 0.2) is 192 Å². The summed E-state index contributed by atoms with van der Waals surface area (Å²) in [6, 6.07) is 65.0. The molecule has 0 aliphatic rings. The Balaban J connectivity index is 1.08. The lowest BCUT2D eigenvalue weighted by Gasteiger charge is -2.13. The Bertz CT molecular complexity index is 3540. The van der Waals surface area contributed by atoms with Gasteiger partial charge in [-0.2, -0.15) is 0 Å². The summed E-state index contributed by atoms with van der Waals surface area (Å²) in [5.41, 5.74) is 8.22. The van der Waals surface area contributed by atoms with E-state index in [9.17, 15) is 0 Å². The molecule has 0 atom stereocenters. The molecule has 0 bridgehead atoms. The van der Waals surface area contributed by atoms with E-state index < -0.39 is 0 Å². The molecule has 0 aliphatic heterocycles. The van der Waals surface area contributed by atoms with Gasteiger partial charge in [-0.05, 0) is 86.9 Å². The van der Waals surface area contributed by atoms with E-state index in [0.717, 1.165) is 72.1 Å². The topological polar surface area (TPSA) is 69.6 Å². The zero-order valence-electron chi connectivity index (χ0n) is 31.0. The first kappa shape index (κ1) is 32.3. The van der Waals surface area contributed by atoms with E-state index in [-0.39, 0.29) is 0 Å². The second-order valence-electron chi connectivity index (χ2n) is 14.6. The maximum Gasteiger partial charge on any atom is 0.164 e. The molecule has 3 aromatic heterocycles. The van der Waals surface area contributed by atoms with E-state index >= 15 is 0 Å². The quantitative estimate of drug-likeness (QED) is 0.164. The van der Waals surface area contributed by atoms with Crippen LogP contribution in [0.25, 0.3) is 117 Å². The minimum Gasteiger partial charge on any atom is -0.456 e. The molecule has 0 amide bonds. The van der Waals surface area contributed by atoms with Gasteiger partial charge in [-0.1, -0.05) is 133 Å². The van der Waals surface area contributed by atoms with Crippen LogP contribution in [0.4, 0.5) is 0 Å². The molecule has 3 heterocycles. The normalized spacial score (nSPS) is 11.8. The zero-order chi connectivity index (χ0) is 38.2. The number of fused-ring (bicyclic) bond motifs is 10. The minimum atomic E-state index is 0.572. The van der Waals surface area contributed by atoms with E-state index in [4.69, 9.17) is 24.4 Å². The molecule has 0 N–H and O–H groups in total. The van der Waals surface area contributed by atoms with Crippen molar-refractivity contribution < 1.29 is 4.42 Å². The van der Waals surface area contributed by atoms with Crippen molar-refractivity contribution in [2.75, 3.05) is 0 Å². The van der Waals surface area contributed by atoms with Crippen molar-refractivity contribution >= 4 is 65.3 Å². The Morgan fingerprint density at radius 2 is 0.948 bits per heavy atom. The van der Waals surface area contributed by atoms with Crippen LogP contribution in [-0.4, -0.2) is 24.5 Å². The summed E-state index contributed by atoms with van der Waals surface area (Å²) in [4.78, 5) is 20.7. The van der Waals surface area contributed by atoms with Gasteiger partial charge in [0.05, 0.1) is 11.0 Å². The van der Waals surface area contributed by atoms with E-state index in [0.29, 0.717) is 17.5 Å². The number of aromatic nitrogens is 5. The number of hydrogen-bond acceptors (Lipinski definition) is 5. The predicted molar refractivity (Wildman–Crippen MR) is 236 cm³/mol. The Kier molecular flexibility index (Phi) is 7.13. The van der Waals surface area contributed by atoms with Crippen LogP contribution in [0.1, 0.15) is 0 Å². The molecule has 0 aliphatic carbocycles.